The first kappa shape index (κ1) is 15.4. The monoisotopic (exact) mass is 280 g/mol. The van der Waals surface area contributed by atoms with Crippen LogP contribution in [0.2, 0.25) is 0 Å². The molecule has 1 atom stereocenters. The molecule has 1 saturated carbocycles. The summed E-state index contributed by atoms with van der Waals surface area (Å²) in [6, 6.07) is 0.296. The van der Waals surface area contributed by atoms with Crippen LogP contribution in [0.3, 0.4) is 0 Å². The molecule has 0 bridgehead atoms. The van der Waals surface area contributed by atoms with Gasteiger partial charge in [0.1, 0.15) is 12.2 Å². The molecule has 20 heavy (non-hydrogen) atoms. The second kappa shape index (κ2) is 6.68. The van der Waals surface area contributed by atoms with E-state index in [1.165, 1.54) is 12.8 Å². The zero-order valence-electron chi connectivity index (χ0n) is 13.2. The van der Waals surface area contributed by atoms with E-state index in [4.69, 9.17) is 4.74 Å². The summed E-state index contributed by atoms with van der Waals surface area (Å²) in [7, 11) is 3.86. The molecule has 1 aliphatic carbocycles. The molecule has 1 N–H and O–H groups in total. The standard InChI is InChI=1S/C15H28N4O/c1-12(2)10-19-14(17-11-18-19)9-13(16-3)15(20-4)7-5-6-8-15/h11-13,16H,5-10H2,1-4H3. The van der Waals surface area contributed by atoms with Gasteiger partial charge in [-0.15, -0.1) is 0 Å². The number of nitrogens with zero attached hydrogens (tertiary/aromatic N) is 3. The number of likely N-dealkylation sites (N-methyl/N-ethyl adjacent to an activating group) is 1. The first-order chi connectivity index (χ1) is 9.61. The fourth-order valence-corrected chi connectivity index (χ4v) is 3.35. The molecule has 1 aliphatic rings. The van der Waals surface area contributed by atoms with Crippen molar-refractivity contribution in [3.05, 3.63) is 12.2 Å². The van der Waals surface area contributed by atoms with Crippen molar-refractivity contribution in [2.75, 3.05) is 14.2 Å². The minimum Gasteiger partial charge on any atom is -0.377 e. The Morgan fingerprint density at radius 1 is 1.40 bits per heavy atom. The number of methoxy groups -OCH3 is 1. The normalized spacial score (nSPS) is 19.6. The molecule has 1 heterocycles. The van der Waals surface area contributed by atoms with Crippen molar-refractivity contribution in [2.24, 2.45) is 5.92 Å². The lowest BCUT2D eigenvalue weighted by Crippen LogP contribution is -2.50. The number of hydrogen-bond acceptors (Lipinski definition) is 4. The van der Waals surface area contributed by atoms with Crippen LogP contribution < -0.4 is 5.32 Å². The van der Waals surface area contributed by atoms with Crippen LogP contribution in [-0.2, 0) is 17.7 Å². The lowest BCUT2D eigenvalue weighted by Gasteiger charge is -2.36. The highest BCUT2D eigenvalue weighted by Gasteiger charge is 2.41. The highest BCUT2D eigenvalue weighted by Crippen LogP contribution is 2.36. The summed E-state index contributed by atoms with van der Waals surface area (Å²) in [6.07, 6.45) is 7.31. The Hall–Kier alpha value is -0.940. The zero-order chi connectivity index (χ0) is 14.6. The lowest BCUT2D eigenvalue weighted by atomic mass is 9.89. The van der Waals surface area contributed by atoms with E-state index in [1.807, 2.05) is 18.8 Å². The quantitative estimate of drug-likeness (QED) is 0.830. The molecule has 5 nitrogen and oxygen atoms in total. The Morgan fingerprint density at radius 3 is 2.65 bits per heavy atom. The van der Waals surface area contributed by atoms with Gasteiger partial charge in [0.15, 0.2) is 0 Å². The van der Waals surface area contributed by atoms with Crippen LogP contribution in [-0.4, -0.2) is 40.6 Å². The minimum atomic E-state index is -0.0383. The fraction of sp³-hybridized carbons (Fsp3) is 0.867. The minimum absolute atomic E-state index is 0.0383. The predicted octanol–water partition coefficient (Wildman–Crippen LogP) is 2.02. The third-order valence-electron chi connectivity index (χ3n) is 4.46. The highest BCUT2D eigenvalue weighted by atomic mass is 16.5. The van der Waals surface area contributed by atoms with Crippen LogP contribution in [0.25, 0.3) is 0 Å². The van der Waals surface area contributed by atoms with Crippen molar-refractivity contribution in [3.63, 3.8) is 0 Å². The average Bonchev–Trinajstić information content (AvgIpc) is 3.05. The average molecular weight is 280 g/mol. The molecule has 1 fully saturated rings. The van der Waals surface area contributed by atoms with E-state index in [9.17, 15) is 0 Å². The molecule has 1 unspecified atom stereocenters. The molecule has 5 heteroatoms. The van der Waals surface area contributed by atoms with Crippen molar-refractivity contribution in [1.82, 2.24) is 20.1 Å². The Morgan fingerprint density at radius 2 is 2.10 bits per heavy atom. The van der Waals surface area contributed by atoms with Gasteiger partial charge in [0.25, 0.3) is 0 Å². The van der Waals surface area contributed by atoms with Crippen molar-refractivity contribution in [3.8, 4) is 0 Å². The van der Waals surface area contributed by atoms with E-state index >= 15 is 0 Å². The molecule has 1 aromatic rings. The molecule has 0 spiro atoms. The van der Waals surface area contributed by atoms with E-state index in [0.717, 1.165) is 31.6 Å². The van der Waals surface area contributed by atoms with Gasteiger partial charge in [0.05, 0.1) is 5.60 Å². The molecular formula is C15H28N4O. The number of ether oxygens (including phenoxy) is 1. The van der Waals surface area contributed by atoms with Crippen molar-refractivity contribution in [1.29, 1.82) is 0 Å². The Kier molecular flexibility index (Phi) is 5.16. The Labute approximate surface area is 122 Å². The largest absolute Gasteiger partial charge is 0.377 e. The van der Waals surface area contributed by atoms with Crippen LogP contribution in [0.15, 0.2) is 6.33 Å². The van der Waals surface area contributed by atoms with E-state index in [2.05, 4.69) is 29.2 Å². The van der Waals surface area contributed by atoms with Gasteiger partial charge in [-0.1, -0.05) is 26.7 Å². The van der Waals surface area contributed by atoms with Crippen LogP contribution in [0.5, 0.6) is 0 Å². The molecule has 0 saturated heterocycles. The second-order valence-electron chi connectivity index (χ2n) is 6.27. The summed E-state index contributed by atoms with van der Waals surface area (Å²) in [5.74, 6) is 1.63. The summed E-state index contributed by atoms with van der Waals surface area (Å²) in [4.78, 5) is 4.45. The summed E-state index contributed by atoms with van der Waals surface area (Å²) in [5.41, 5.74) is -0.0383. The van der Waals surface area contributed by atoms with E-state index in [1.54, 1.807) is 6.33 Å². The molecule has 2 rings (SSSR count). The van der Waals surface area contributed by atoms with Crippen molar-refractivity contribution in [2.45, 2.75) is 64.1 Å². The van der Waals surface area contributed by atoms with E-state index in [0.29, 0.717) is 12.0 Å². The van der Waals surface area contributed by atoms with Crippen LogP contribution in [0.4, 0.5) is 0 Å². The summed E-state index contributed by atoms with van der Waals surface area (Å²) >= 11 is 0. The van der Waals surface area contributed by atoms with Crippen LogP contribution in [0.1, 0.15) is 45.4 Å². The maximum absolute atomic E-state index is 5.90. The second-order valence-corrected chi connectivity index (χ2v) is 6.27. The molecule has 0 aliphatic heterocycles. The van der Waals surface area contributed by atoms with Gasteiger partial charge in [0.2, 0.25) is 0 Å². The van der Waals surface area contributed by atoms with Crippen LogP contribution >= 0.6 is 0 Å². The van der Waals surface area contributed by atoms with E-state index < -0.39 is 0 Å². The molecule has 0 amide bonds. The molecule has 1 aromatic heterocycles. The maximum Gasteiger partial charge on any atom is 0.138 e. The van der Waals surface area contributed by atoms with Gasteiger partial charge < -0.3 is 10.1 Å². The van der Waals surface area contributed by atoms with Crippen molar-refractivity contribution >= 4 is 0 Å². The smallest absolute Gasteiger partial charge is 0.138 e. The van der Waals surface area contributed by atoms with Crippen molar-refractivity contribution < 1.29 is 4.74 Å². The number of nitrogens with one attached hydrogen (secondary N) is 1. The molecule has 0 radical (unpaired) electrons. The molecular weight excluding hydrogens is 252 g/mol. The summed E-state index contributed by atoms with van der Waals surface area (Å²) in [5, 5.41) is 7.80. The lowest BCUT2D eigenvalue weighted by molar-refractivity contribution is -0.0343. The first-order valence-corrected chi connectivity index (χ1v) is 7.70. The van der Waals surface area contributed by atoms with Gasteiger partial charge in [-0.25, -0.2) is 9.67 Å². The predicted molar refractivity (Wildman–Crippen MR) is 79.6 cm³/mol. The summed E-state index contributed by atoms with van der Waals surface area (Å²) in [6.45, 7) is 5.33. The van der Waals surface area contributed by atoms with Gasteiger partial charge in [-0.3, -0.25) is 0 Å². The topological polar surface area (TPSA) is 52.0 Å². The molecule has 0 aromatic carbocycles. The zero-order valence-corrected chi connectivity index (χ0v) is 13.2. The Bertz CT molecular complexity index is 410. The van der Waals surface area contributed by atoms with Gasteiger partial charge in [-0.05, 0) is 25.8 Å². The van der Waals surface area contributed by atoms with Gasteiger partial charge >= 0.3 is 0 Å². The number of hydrogen-bond donors (Lipinski definition) is 1. The number of rotatable bonds is 7. The van der Waals surface area contributed by atoms with Crippen LogP contribution in [0, 0.1) is 5.92 Å². The highest BCUT2D eigenvalue weighted by molar-refractivity contribution is 5.02. The fourth-order valence-electron chi connectivity index (χ4n) is 3.35. The Balaban J connectivity index is 2.12. The first-order valence-electron chi connectivity index (χ1n) is 7.70. The maximum atomic E-state index is 5.90. The SMILES string of the molecule is CNC(Cc1ncnn1CC(C)C)C1(OC)CCCC1. The van der Waals surface area contributed by atoms with Gasteiger partial charge in [-0.2, -0.15) is 5.10 Å². The van der Waals surface area contributed by atoms with Gasteiger partial charge in [0, 0.05) is 26.1 Å². The summed E-state index contributed by atoms with van der Waals surface area (Å²) < 4.78 is 7.94. The van der Waals surface area contributed by atoms with E-state index in [-0.39, 0.29) is 5.60 Å². The third kappa shape index (κ3) is 3.20. The molecule has 114 valence electrons. The third-order valence-corrected chi connectivity index (χ3v) is 4.46. The number of aromatic nitrogens is 3.